The number of hydrogen-bond acceptors (Lipinski definition) is 1. The molecule has 0 fully saturated rings. The highest BCUT2D eigenvalue weighted by atomic mass is 35.5. The van der Waals surface area contributed by atoms with Crippen LogP contribution in [-0.2, 0) is 0 Å². The van der Waals surface area contributed by atoms with Crippen LogP contribution >= 0.6 is 11.6 Å². The van der Waals surface area contributed by atoms with Crippen LogP contribution < -0.4 is 6.15 Å². The van der Waals surface area contributed by atoms with Gasteiger partial charge in [0.05, 0.1) is 0 Å². The fourth-order valence-electron chi connectivity index (χ4n) is 0.398. The Kier molecular flexibility index (Phi) is 9.17. The van der Waals surface area contributed by atoms with E-state index in [1.165, 1.54) is 6.42 Å². The zero-order valence-corrected chi connectivity index (χ0v) is 5.83. The van der Waals surface area contributed by atoms with Crippen LogP contribution in [0.5, 0.6) is 0 Å². The van der Waals surface area contributed by atoms with Crippen molar-refractivity contribution in [2.75, 3.05) is 0 Å². The summed E-state index contributed by atoms with van der Waals surface area (Å²) in [5.41, 5.74) is 0. The molecule has 0 heterocycles. The SMILES string of the molecule is CCCC(C)Cl.N. The van der Waals surface area contributed by atoms with Gasteiger partial charge in [-0.3, -0.25) is 0 Å². The maximum absolute atomic E-state index is 5.58. The molecule has 0 aromatic carbocycles. The minimum atomic E-state index is 0. The lowest BCUT2D eigenvalue weighted by Crippen LogP contribution is -1.85. The Labute approximate surface area is 50.6 Å². The normalized spacial score (nSPS) is 12.4. The lowest BCUT2D eigenvalue weighted by Gasteiger charge is -1.93. The molecule has 1 unspecified atom stereocenters. The van der Waals surface area contributed by atoms with Crippen molar-refractivity contribution >= 4 is 11.6 Å². The van der Waals surface area contributed by atoms with Gasteiger partial charge in [0, 0.05) is 5.38 Å². The van der Waals surface area contributed by atoms with Gasteiger partial charge in [-0.05, 0) is 13.3 Å². The molecule has 0 aliphatic rings. The molecule has 0 aromatic rings. The molecule has 0 amide bonds. The molecule has 0 aliphatic heterocycles. The van der Waals surface area contributed by atoms with Gasteiger partial charge in [0.15, 0.2) is 0 Å². The van der Waals surface area contributed by atoms with Gasteiger partial charge in [-0.25, -0.2) is 0 Å². The van der Waals surface area contributed by atoms with Crippen LogP contribution in [0.3, 0.4) is 0 Å². The maximum Gasteiger partial charge on any atom is 0.0307 e. The molecule has 0 saturated carbocycles. The van der Waals surface area contributed by atoms with Crippen molar-refractivity contribution in [1.82, 2.24) is 6.15 Å². The summed E-state index contributed by atoms with van der Waals surface area (Å²) < 4.78 is 0. The Balaban J connectivity index is 0. The Morgan fingerprint density at radius 3 is 2.00 bits per heavy atom. The second-order valence-electron chi connectivity index (χ2n) is 1.57. The van der Waals surface area contributed by atoms with Gasteiger partial charge in [0.25, 0.3) is 0 Å². The summed E-state index contributed by atoms with van der Waals surface area (Å²) >= 11 is 5.58. The number of rotatable bonds is 2. The highest BCUT2D eigenvalue weighted by molar-refractivity contribution is 6.20. The number of hydrogen-bond donors (Lipinski definition) is 1. The first-order chi connectivity index (χ1) is 2.77. The van der Waals surface area contributed by atoms with E-state index >= 15 is 0 Å². The summed E-state index contributed by atoms with van der Waals surface area (Å²) in [5, 5.41) is 0.370. The first-order valence-corrected chi connectivity index (χ1v) is 2.85. The van der Waals surface area contributed by atoms with E-state index in [1.54, 1.807) is 0 Å². The minimum absolute atomic E-state index is 0. The molecule has 0 aromatic heterocycles. The highest BCUT2D eigenvalue weighted by Crippen LogP contribution is 2.01. The van der Waals surface area contributed by atoms with Crippen LogP contribution in [0.2, 0.25) is 0 Å². The predicted molar refractivity (Wildman–Crippen MR) is 35.2 cm³/mol. The van der Waals surface area contributed by atoms with E-state index in [4.69, 9.17) is 11.6 Å². The molecule has 0 rings (SSSR count). The Morgan fingerprint density at radius 1 is 1.57 bits per heavy atom. The van der Waals surface area contributed by atoms with Gasteiger partial charge < -0.3 is 6.15 Å². The van der Waals surface area contributed by atoms with Gasteiger partial charge in [-0.1, -0.05) is 13.3 Å². The molecule has 7 heavy (non-hydrogen) atoms. The highest BCUT2D eigenvalue weighted by Gasteiger charge is 1.88. The molecule has 0 bridgehead atoms. The fraction of sp³-hybridized carbons (Fsp3) is 1.00. The van der Waals surface area contributed by atoms with Crippen molar-refractivity contribution < 1.29 is 0 Å². The molecular weight excluding hydrogens is 110 g/mol. The standard InChI is InChI=1S/C5H11Cl.H3N/c1-3-4-5(2)6;/h5H,3-4H2,1-2H3;1H3. The van der Waals surface area contributed by atoms with E-state index in [-0.39, 0.29) is 6.15 Å². The van der Waals surface area contributed by atoms with Crippen LogP contribution in [0.1, 0.15) is 26.7 Å². The van der Waals surface area contributed by atoms with Gasteiger partial charge in [0.1, 0.15) is 0 Å². The average Bonchev–Trinajstić information content (AvgIpc) is 1.35. The first-order valence-electron chi connectivity index (χ1n) is 2.41. The Bertz CT molecular complexity index is 29.3. The zero-order chi connectivity index (χ0) is 4.99. The van der Waals surface area contributed by atoms with Crippen LogP contribution in [-0.4, -0.2) is 5.38 Å². The summed E-state index contributed by atoms with van der Waals surface area (Å²) in [6.45, 7) is 4.16. The molecule has 0 saturated heterocycles. The first kappa shape index (κ1) is 10.3. The minimum Gasteiger partial charge on any atom is -0.344 e. The Morgan fingerprint density at radius 2 is 2.00 bits per heavy atom. The molecule has 0 spiro atoms. The third kappa shape index (κ3) is 10.7. The van der Waals surface area contributed by atoms with Crippen LogP contribution in [0.25, 0.3) is 0 Å². The molecular formula is C5H14ClN. The van der Waals surface area contributed by atoms with Crippen LogP contribution in [0.4, 0.5) is 0 Å². The fourth-order valence-corrected chi connectivity index (χ4v) is 0.616. The molecule has 0 radical (unpaired) electrons. The summed E-state index contributed by atoms with van der Waals surface area (Å²) in [5.74, 6) is 0. The predicted octanol–water partition coefficient (Wildman–Crippen LogP) is 2.58. The lowest BCUT2D eigenvalue weighted by molar-refractivity contribution is 0.779. The van der Waals surface area contributed by atoms with Crippen molar-refractivity contribution in [1.29, 1.82) is 0 Å². The molecule has 3 N–H and O–H groups in total. The Hall–Kier alpha value is 0.250. The third-order valence-corrected chi connectivity index (χ3v) is 0.905. The second kappa shape index (κ2) is 6.25. The van der Waals surface area contributed by atoms with Gasteiger partial charge in [-0.15, -0.1) is 11.6 Å². The molecule has 0 aliphatic carbocycles. The summed E-state index contributed by atoms with van der Waals surface area (Å²) in [6.07, 6.45) is 2.34. The second-order valence-corrected chi connectivity index (χ2v) is 2.31. The van der Waals surface area contributed by atoms with E-state index in [2.05, 4.69) is 6.92 Å². The van der Waals surface area contributed by atoms with Gasteiger partial charge in [-0.2, -0.15) is 0 Å². The van der Waals surface area contributed by atoms with Gasteiger partial charge in [0.2, 0.25) is 0 Å². The van der Waals surface area contributed by atoms with Crippen molar-refractivity contribution in [2.24, 2.45) is 0 Å². The summed E-state index contributed by atoms with van der Waals surface area (Å²) in [4.78, 5) is 0. The number of halogens is 1. The maximum atomic E-state index is 5.58. The number of alkyl halides is 1. The van der Waals surface area contributed by atoms with Crippen LogP contribution in [0.15, 0.2) is 0 Å². The van der Waals surface area contributed by atoms with Crippen LogP contribution in [0, 0.1) is 0 Å². The molecule has 46 valence electrons. The van der Waals surface area contributed by atoms with Gasteiger partial charge >= 0.3 is 0 Å². The smallest absolute Gasteiger partial charge is 0.0307 e. The van der Waals surface area contributed by atoms with Crippen molar-refractivity contribution in [3.63, 3.8) is 0 Å². The topological polar surface area (TPSA) is 35.0 Å². The molecule has 2 heteroatoms. The third-order valence-electron chi connectivity index (χ3n) is 0.686. The van der Waals surface area contributed by atoms with E-state index in [0.717, 1.165) is 6.42 Å². The molecule has 1 atom stereocenters. The average molecular weight is 124 g/mol. The molecule has 1 nitrogen and oxygen atoms in total. The summed E-state index contributed by atoms with van der Waals surface area (Å²) in [7, 11) is 0. The van der Waals surface area contributed by atoms with Crippen molar-refractivity contribution in [2.45, 2.75) is 32.1 Å². The van der Waals surface area contributed by atoms with E-state index in [0.29, 0.717) is 5.38 Å². The van der Waals surface area contributed by atoms with Crippen molar-refractivity contribution in [3.8, 4) is 0 Å². The quantitative estimate of drug-likeness (QED) is 0.563. The van der Waals surface area contributed by atoms with Crippen molar-refractivity contribution in [3.05, 3.63) is 0 Å². The largest absolute Gasteiger partial charge is 0.344 e. The summed E-state index contributed by atoms with van der Waals surface area (Å²) in [6, 6.07) is 0. The van der Waals surface area contributed by atoms with E-state index < -0.39 is 0 Å². The van der Waals surface area contributed by atoms with E-state index in [9.17, 15) is 0 Å². The lowest BCUT2D eigenvalue weighted by atomic mass is 10.3. The monoisotopic (exact) mass is 123 g/mol. The van der Waals surface area contributed by atoms with E-state index in [1.807, 2.05) is 6.92 Å². The zero-order valence-electron chi connectivity index (χ0n) is 5.08.